The molecule has 9 N–H and O–H groups in total. The number of esters is 1. The second-order valence-corrected chi connectivity index (χ2v) is 37.3. The lowest BCUT2D eigenvalue weighted by atomic mass is 9.80. The number of ketones is 3. The first-order valence-corrected chi connectivity index (χ1v) is 47.4. The summed E-state index contributed by atoms with van der Waals surface area (Å²) in [7, 11) is 3.06. The van der Waals surface area contributed by atoms with E-state index in [1.165, 1.54) is 37.6 Å². The first-order valence-electron chi connectivity index (χ1n) is 47.4. The highest BCUT2D eigenvalue weighted by Gasteiger charge is 2.54. The topological polar surface area (TPSA) is 451 Å². The molecule has 4 amide bonds. The zero-order chi connectivity index (χ0) is 94.9. The minimum absolute atomic E-state index is 0.00535. The minimum Gasteiger partial charge on any atom is -0.459 e. The number of anilines is 3. The third-order valence-corrected chi connectivity index (χ3v) is 27.8. The number of Topliss-reactive ketones (excluding diaryl/α,β-unsaturated/α-hetero) is 3. The van der Waals surface area contributed by atoms with E-state index >= 15 is 0 Å². The maximum absolute atomic E-state index is 14.7. The number of aliphatic hydroxyl groups excluding tert-OH is 2. The highest BCUT2D eigenvalue weighted by molar-refractivity contribution is 6.39. The summed E-state index contributed by atoms with van der Waals surface area (Å²) >= 11 is 0. The lowest BCUT2D eigenvalue weighted by Gasteiger charge is -2.42. The van der Waals surface area contributed by atoms with Crippen LogP contribution in [0.3, 0.4) is 0 Å². The van der Waals surface area contributed by atoms with Gasteiger partial charge < -0.3 is 94.7 Å². The van der Waals surface area contributed by atoms with Crippen LogP contribution in [0.2, 0.25) is 0 Å². The van der Waals surface area contributed by atoms with Gasteiger partial charge in [-0.1, -0.05) is 88.4 Å². The number of hydrogen-bond donors (Lipinski definition) is 7. The van der Waals surface area contributed by atoms with Gasteiger partial charge in [0.25, 0.3) is 17.6 Å². The van der Waals surface area contributed by atoms with Gasteiger partial charge in [0, 0.05) is 201 Å². The van der Waals surface area contributed by atoms with Crippen molar-refractivity contribution in [2.75, 3.05) is 128 Å². The van der Waals surface area contributed by atoms with Crippen LogP contribution in [0.4, 0.5) is 22.5 Å². The van der Waals surface area contributed by atoms with Gasteiger partial charge in [0.05, 0.1) is 62.4 Å². The molecule has 4 saturated heterocycles. The zero-order valence-electron chi connectivity index (χ0n) is 78.2. The van der Waals surface area contributed by atoms with Crippen LogP contribution in [-0.4, -0.2) is 295 Å². The normalized spacial score (nSPS) is 27.9. The first kappa shape index (κ1) is 99.0. The average Bonchev–Trinajstić information content (AvgIpc) is 1.66. The number of pyridine rings is 1. The summed E-state index contributed by atoms with van der Waals surface area (Å²) in [5.74, 6) is -7.94. The van der Waals surface area contributed by atoms with E-state index in [2.05, 4.69) is 80.3 Å². The van der Waals surface area contributed by atoms with Gasteiger partial charge >= 0.3 is 12.1 Å². The monoisotopic (exact) mass is 1850 g/mol. The van der Waals surface area contributed by atoms with Crippen LogP contribution < -0.4 is 26.6 Å². The smallest absolute Gasteiger partial charge is 0.407 e. The highest BCUT2D eigenvalue weighted by atomic mass is 16.6. The summed E-state index contributed by atoms with van der Waals surface area (Å²) in [4.78, 5) is 159. The molecule has 1 aromatic carbocycles. The molecule has 11 heterocycles. The lowest BCUT2D eigenvalue weighted by molar-refractivity contribution is -0.265. The highest BCUT2D eigenvalue weighted by Crippen LogP contribution is 2.44. The van der Waals surface area contributed by atoms with Crippen LogP contribution in [0.1, 0.15) is 180 Å². The molecule has 5 aromatic heterocycles. The number of aliphatic hydroxyl groups is 3. The molecule has 35 nitrogen and oxygen atoms in total. The number of rotatable bonds is 23. The molecule has 5 fully saturated rings. The number of nitrogens with one attached hydrogen (secondary N) is 2. The Morgan fingerprint density at radius 3 is 2.19 bits per heavy atom. The molecule has 134 heavy (non-hydrogen) atoms. The van der Waals surface area contributed by atoms with Crippen LogP contribution in [0.25, 0.3) is 16.6 Å². The van der Waals surface area contributed by atoms with E-state index < -0.39 is 120 Å². The Morgan fingerprint density at radius 1 is 0.709 bits per heavy atom. The third-order valence-electron chi connectivity index (χ3n) is 27.8. The number of nitrogen functional groups attached to an aromatic ring is 1. The van der Waals surface area contributed by atoms with Crippen molar-refractivity contribution in [2.24, 2.45) is 35.3 Å². The number of cyclic esters (lactones) is 1. The summed E-state index contributed by atoms with van der Waals surface area (Å²) in [6.45, 7) is 18.8. The number of amides is 4. The maximum atomic E-state index is 14.7. The molecule has 6 aliphatic heterocycles. The van der Waals surface area contributed by atoms with Gasteiger partial charge in [-0.3, -0.25) is 33.7 Å². The molecule has 1 unspecified atom stereocenters. The van der Waals surface area contributed by atoms with Gasteiger partial charge in [-0.25, -0.2) is 44.5 Å². The standard InChI is InChI=1S/C99H131N17O18/c1-60-14-10-9-11-15-61(2)81(128-7)50-75-21-17-65(6)99(127,134-75)90(122)94(124)116-27-13-12-16-78(116)95(125)132-82(51-79(117)62(3)43-64(5)88(120)89(121)87(119)63(4)42-60)77(100)46-67-19-22-80(83(47-67)129-8)133-98(126)108-54-68-52-104-96(105-53-68)114-35-33-112(34-36-114)84(118)25-38-130-40-41-131-39-37-111-29-31-113(32-30-111)97-106-56-74(57-107-97)93(123)115-28-24-69-44-66(18-20-71(69)58-115)45-72-49-76(85-86(72)109-59-110-91(85)101)73-48-70-23-26-102-92(70)103-55-73/h9-11,14-15,18,20,23,26,43-44,48-49,52-53,55-57,59-60,62-63,65,67,72,75,77-78,80-83,88-89,120-121,127H,12-13,16-17,19,21-22,24-25,27-42,45-47,50-51,54,58,100H2,1-8H3,(H,102,103)(H,108,126)(H2,101,109,110)/b11-9?,14-10+,61-15?,64-43+/t60-,62-,63-,65-,67+,72?,75+,77-,78+,80-,81+,82+,83-,88-,89+,99-/m1/s1. The van der Waals surface area contributed by atoms with Crippen LogP contribution in [0.15, 0.2) is 128 Å². The SMILES string of the molecule is CO[C@H]1C[C@@H]2CC[C@@H](C)[C@@](O)(O2)C(=O)C(=O)N2CCCC[C@H]2C(=O)O[C@H]([C@H](N)C[C@@H]2CC[C@@H](OC(=O)NCc3cnc(N4CCN(C(=O)CCOCCOCCN5CCN(c6ncc(C(=O)N7CCc8cc(CC9C=C(c%10cnc%11[nH]ccc%11c%10)c%10c(N)ncnc%109)ccc8C7)cn6)CC5)CC4)nc3)[C@H](OC)C2)CC(=O)[C@H](C)/C=C(\C)[C@@H](O)[C@@H](O)C(=O)[C@H](C)C[C@H](C)/C=C/C=CC=C1C. The van der Waals surface area contributed by atoms with Crippen LogP contribution in [-0.2, 0) is 87.9 Å². The Bertz CT molecular complexity index is 5260. The van der Waals surface area contributed by atoms with E-state index in [9.17, 15) is 53.7 Å². The largest absolute Gasteiger partial charge is 0.459 e. The fourth-order valence-electron chi connectivity index (χ4n) is 19.7. The molecule has 0 radical (unpaired) electrons. The molecule has 16 atom stereocenters. The van der Waals surface area contributed by atoms with Gasteiger partial charge in [-0.15, -0.1) is 0 Å². The van der Waals surface area contributed by atoms with Crippen LogP contribution >= 0.6 is 0 Å². The Kier molecular flexibility index (Phi) is 34.0. The number of piperidine rings is 1. The number of alkyl carbamates (subject to hydrolysis) is 1. The fraction of sp³-hybridized carbons (Fsp3) is 0.566. The average molecular weight is 1850 g/mol. The number of fused-ring (bicyclic) bond motifs is 6. The molecular weight excluding hydrogens is 1720 g/mol. The number of allylic oxidation sites excluding steroid dienone is 7. The molecule has 14 rings (SSSR count). The van der Waals surface area contributed by atoms with E-state index in [4.69, 9.17) is 49.6 Å². The molecule has 0 spiro atoms. The third kappa shape index (κ3) is 24.6. The zero-order valence-corrected chi connectivity index (χ0v) is 78.2. The van der Waals surface area contributed by atoms with Crippen molar-refractivity contribution < 1.29 is 86.8 Å². The van der Waals surface area contributed by atoms with E-state index in [-0.39, 0.29) is 80.5 Å². The summed E-state index contributed by atoms with van der Waals surface area (Å²) in [6.07, 6.45) is 22.3. The van der Waals surface area contributed by atoms with Crippen molar-refractivity contribution >= 4 is 81.5 Å². The number of piperazine rings is 2. The predicted octanol–water partition coefficient (Wildman–Crippen LogP) is 7.84. The number of ether oxygens (including phenoxy) is 7. The number of H-pyrrole nitrogens is 1. The lowest BCUT2D eigenvalue weighted by Crippen LogP contribution is -2.61. The number of nitrogens with two attached hydrogens (primary N) is 2. The number of aromatic amines is 1. The molecule has 1 saturated carbocycles. The fourth-order valence-corrected chi connectivity index (χ4v) is 19.7. The van der Waals surface area contributed by atoms with Crippen molar-refractivity contribution in [1.29, 1.82) is 0 Å². The number of nitrogens with zero attached hydrogens (tertiary/aromatic N) is 13. The van der Waals surface area contributed by atoms with Crippen molar-refractivity contribution in [3.63, 3.8) is 0 Å². The van der Waals surface area contributed by atoms with E-state index in [0.717, 1.165) is 95.0 Å². The van der Waals surface area contributed by atoms with Gasteiger partial charge in [-0.2, -0.15) is 0 Å². The van der Waals surface area contributed by atoms with E-state index in [1.54, 1.807) is 52.7 Å². The van der Waals surface area contributed by atoms with Crippen molar-refractivity contribution in [2.45, 2.75) is 217 Å². The maximum Gasteiger partial charge on any atom is 0.407 e. The van der Waals surface area contributed by atoms with Crippen LogP contribution in [0.5, 0.6) is 0 Å². The summed E-state index contributed by atoms with van der Waals surface area (Å²) < 4.78 is 42.0. The Balaban J connectivity index is 0.478. The number of carbonyl (C=O) groups excluding carboxylic acids is 8. The van der Waals surface area contributed by atoms with Crippen molar-refractivity contribution in [3.05, 3.63) is 172 Å². The molecular formula is C99H131N17O18. The summed E-state index contributed by atoms with van der Waals surface area (Å²) in [5.41, 5.74) is 23.7. The Morgan fingerprint density at radius 2 is 1.45 bits per heavy atom. The first-order chi connectivity index (χ1) is 64.6. The van der Waals surface area contributed by atoms with Gasteiger partial charge in [0.2, 0.25) is 23.6 Å². The number of carbonyl (C=O) groups is 8. The number of methoxy groups -OCH3 is 2. The van der Waals surface area contributed by atoms with Crippen molar-refractivity contribution in [1.82, 2.24) is 64.8 Å². The second kappa shape index (κ2) is 46.0. The van der Waals surface area contributed by atoms with Gasteiger partial charge in [0.15, 0.2) is 5.78 Å². The van der Waals surface area contributed by atoms with Crippen LogP contribution in [0, 0.1) is 29.6 Å². The minimum atomic E-state index is -2.52. The molecule has 6 aromatic rings. The van der Waals surface area contributed by atoms with Crippen molar-refractivity contribution in [3.8, 4) is 0 Å². The predicted molar refractivity (Wildman–Crippen MR) is 499 cm³/mol. The number of benzene rings is 1. The summed E-state index contributed by atoms with van der Waals surface area (Å²) in [5, 5.41) is 38.5. The van der Waals surface area contributed by atoms with E-state index in [0.29, 0.717) is 139 Å². The van der Waals surface area contributed by atoms with Gasteiger partial charge in [-0.05, 0) is 148 Å². The molecule has 2 aliphatic carbocycles. The van der Waals surface area contributed by atoms with E-state index in [1.807, 2.05) is 77.4 Å². The summed E-state index contributed by atoms with van der Waals surface area (Å²) in [6, 6.07) is 8.40. The number of aromatic nitrogens is 8. The molecule has 35 heteroatoms. The second-order valence-electron chi connectivity index (χ2n) is 37.3. The van der Waals surface area contributed by atoms with Gasteiger partial charge in [0.1, 0.15) is 54.0 Å². The molecule has 2 bridgehead atoms. The number of hydrogen-bond acceptors (Lipinski definition) is 30. The Labute approximate surface area is 782 Å². The quantitative estimate of drug-likeness (QED) is 0.0139. The molecule has 8 aliphatic rings. The molecule has 720 valence electrons. The Hall–Kier alpha value is -11.0.